The second-order valence-electron chi connectivity index (χ2n) is 7.11. The highest BCUT2D eigenvalue weighted by Crippen LogP contribution is 2.37. The summed E-state index contributed by atoms with van der Waals surface area (Å²) in [5, 5.41) is 4.62. The van der Waals surface area contributed by atoms with Crippen LogP contribution < -0.4 is 9.04 Å². The summed E-state index contributed by atoms with van der Waals surface area (Å²) in [4.78, 5) is 7.03. The van der Waals surface area contributed by atoms with Gasteiger partial charge in [0.05, 0.1) is 17.7 Å². The lowest BCUT2D eigenvalue weighted by Gasteiger charge is -2.29. The van der Waals surface area contributed by atoms with E-state index >= 15 is 0 Å². The Morgan fingerprint density at radius 2 is 2.03 bits per heavy atom. The molecule has 0 unspecified atom stereocenters. The molecule has 2 aromatic carbocycles. The highest BCUT2D eigenvalue weighted by atomic mass is 32.2. The number of halogens is 1. The van der Waals surface area contributed by atoms with Gasteiger partial charge in [0.2, 0.25) is 0 Å². The van der Waals surface area contributed by atoms with Crippen molar-refractivity contribution >= 4 is 26.6 Å². The minimum Gasteiger partial charge on any atom is -0.489 e. The van der Waals surface area contributed by atoms with Crippen molar-refractivity contribution in [2.24, 2.45) is 7.05 Å². The largest absolute Gasteiger partial charge is 0.489 e. The van der Waals surface area contributed by atoms with Gasteiger partial charge in [0.1, 0.15) is 24.5 Å². The average Bonchev–Trinajstić information content (AvgIpc) is 3.35. The lowest BCUT2D eigenvalue weighted by atomic mass is 10.0. The van der Waals surface area contributed by atoms with Crippen LogP contribution in [0.4, 0.5) is 10.1 Å². The zero-order valence-electron chi connectivity index (χ0n) is 16.3. The molecule has 0 bridgehead atoms. The van der Waals surface area contributed by atoms with Gasteiger partial charge in [-0.3, -0.25) is 8.99 Å². The lowest BCUT2D eigenvalue weighted by Crippen LogP contribution is -2.38. The molecular formula is C20H18FN5O3S. The molecule has 1 N–H and O–H groups in total. The van der Waals surface area contributed by atoms with Crippen molar-refractivity contribution in [1.82, 2.24) is 19.7 Å². The van der Waals surface area contributed by atoms with E-state index in [0.717, 1.165) is 0 Å². The predicted molar refractivity (Wildman–Crippen MR) is 109 cm³/mol. The van der Waals surface area contributed by atoms with Crippen molar-refractivity contribution in [3.63, 3.8) is 0 Å². The Morgan fingerprint density at radius 1 is 1.23 bits per heavy atom. The van der Waals surface area contributed by atoms with Gasteiger partial charge in [0, 0.05) is 18.0 Å². The predicted octanol–water partition coefficient (Wildman–Crippen LogP) is 3.00. The van der Waals surface area contributed by atoms with Crippen molar-refractivity contribution in [3.8, 4) is 17.1 Å². The molecule has 2 aromatic heterocycles. The molecule has 8 nitrogen and oxygen atoms in total. The Balaban J connectivity index is 1.70. The van der Waals surface area contributed by atoms with Crippen LogP contribution >= 0.6 is 0 Å². The molecule has 0 fully saturated rings. The SMILES string of the molecule is Cc1cc(F)c2[nH]c(S(=O)(=O)N3CCOc4ccccc43)cc2c1-c1ncn(C)n1. The molecule has 3 heterocycles. The van der Waals surface area contributed by atoms with E-state index in [4.69, 9.17) is 4.74 Å². The molecule has 0 aliphatic carbocycles. The van der Waals surface area contributed by atoms with Crippen LogP contribution in [0, 0.1) is 12.7 Å². The molecule has 0 saturated carbocycles. The summed E-state index contributed by atoms with van der Waals surface area (Å²) in [6.07, 6.45) is 1.54. The number of rotatable bonds is 3. The number of aromatic nitrogens is 4. The molecule has 1 aliphatic rings. The molecule has 154 valence electrons. The number of hydrogen-bond acceptors (Lipinski definition) is 5. The number of nitrogens with zero attached hydrogens (tertiary/aromatic N) is 4. The summed E-state index contributed by atoms with van der Waals surface area (Å²) in [5.41, 5.74) is 1.76. The van der Waals surface area contributed by atoms with Gasteiger partial charge in [0.25, 0.3) is 10.0 Å². The highest BCUT2D eigenvalue weighted by molar-refractivity contribution is 7.92. The second kappa shape index (κ2) is 6.56. The Kier molecular flexibility index (Phi) is 4.07. The molecule has 0 radical (unpaired) electrons. The van der Waals surface area contributed by atoms with Crippen molar-refractivity contribution in [2.75, 3.05) is 17.5 Å². The summed E-state index contributed by atoms with van der Waals surface area (Å²) in [5.74, 6) is 0.356. The summed E-state index contributed by atoms with van der Waals surface area (Å²) >= 11 is 0. The number of fused-ring (bicyclic) bond motifs is 2. The Hall–Kier alpha value is -3.40. The van der Waals surface area contributed by atoms with Gasteiger partial charge >= 0.3 is 0 Å². The van der Waals surface area contributed by atoms with Crippen LogP contribution in [0.3, 0.4) is 0 Å². The van der Waals surface area contributed by atoms with Crippen molar-refractivity contribution < 1.29 is 17.5 Å². The van der Waals surface area contributed by atoms with E-state index in [1.807, 2.05) is 0 Å². The minimum absolute atomic E-state index is 0.100. The molecule has 1 aliphatic heterocycles. The van der Waals surface area contributed by atoms with Gasteiger partial charge < -0.3 is 9.72 Å². The molecule has 0 spiro atoms. The monoisotopic (exact) mass is 427 g/mol. The summed E-state index contributed by atoms with van der Waals surface area (Å²) in [6, 6.07) is 9.73. The number of aromatic amines is 1. The van der Waals surface area contributed by atoms with Gasteiger partial charge in [-0.05, 0) is 36.8 Å². The van der Waals surface area contributed by atoms with Gasteiger partial charge in [-0.25, -0.2) is 9.37 Å². The summed E-state index contributed by atoms with van der Waals surface area (Å²) in [7, 11) is -2.24. The standard InChI is InChI=1S/C20H18FN5O3S/c1-12-9-14(21)19-13(18(12)20-22-11-25(2)24-20)10-17(23-19)30(27,28)26-7-8-29-16-6-4-3-5-15(16)26/h3-6,9-11,23H,7-8H2,1-2H3. The van der Waals surface area contributed by atoms with E-state index in [0.29, 0.717) is 33.8 Å². The third-order valence-electron chi connectivity index (χ3n) is 5.12. The quantitative estimate of drug-likeness (QED) is 0.543. The maximum atomic E-state index is 14.7. The molecule has 10 heteroatoms. The average molecular weight is 427 g/mol. The molecule has 0 atom stereocenters. The normalized spacial score (nSPS) is 14.0. The second-order valence-corrected chi connectivity index (χ2v) is 8.94. The maximum absolute atomic E-state index is 14.7. The zero-order valence-corrected chi connectivity index (χ0v) is 17.1. The number of anilines is 1. The highest BCUT2D eigenvalue weighted by Gasteiger charge is 2.32. The fourth-order valence-electron chi connectivity index (χ4n) is 3.76. The number of benzene rings is 2. The van der Waals surface area contributed by atoms with E-state index in [2.05, 4.69) is 15.1 Å². The smallest absolute Gasteiger partial charge is 0.280 e. The van der Waals surface area contributed by atoms with Gasteiger partial charge in [-0.2, -0.15) is 13.5 Å². The Morgan fingerprint density at radius 3 is 2.80 bits per heavy atom. The third-order valence-corrected chi connectivity index (χ3v) is 6.85. The number of H-pyrrole nitrogens is 1. The van der Waals surface area contributed by atoms with E-state index in [1.54, 1.807) is 49.2 Å². The third kappa shape index (κ3) is 2.75. The van der Waals surface area contributed by atoms with Crippen LogP contribution in [0.25, 0.3) is 22.3 Å². The fourth-order valence-corrected chi connectivity index (χ4v) is 5.22. The van der Waals surface area contributed by atoms with Gasteiger partial charge in [-0.15, -0.1) is 0 Å². The number of sulfonamides is 1. The van der Waals surface area contributed by atoms with Crippen molar-refractivity contribution in [1.29, 1.82) is 0 Å². The summed E-state index contributed by atoms with van der Waals surface area (Å²) in [6.45, 7) is 2.13. The number of ether oxygens (including phenoxy) is 1. The van der Waals surface area contributed by atoms with E-state index < -0.39 is 15.8 Å². The first-order valence-corrected chi connectivity index (χ1v) is 10.7. The molecule has 4 aromatic rings. The molecule has 0 amide bonds. The summed E-state index contributed by atoms with van der Waals surface area (Å²) < 4.78 is 50.0. The number of nitrogens with one attached hydrogen (secondary N) is 1. The number of aryl methyl sites for hydroxylation is 2. The zero-order chi connectivity index (χ0) is 21.0. The number of hydrogen-bond donors (Lipinski definition) is 1. The minimum atomic E-state index is -3.98. The van der Waals surface area contributed by atoms with Crippen molar-refractivity contribution in [3.05, 3.63) is 54.1 Å². The molecular weight excluding hydrogens is 409 g/mol. The van der Waals surface area contributed by atoms with Crippen molar-refractivity contribution in [2.45, 2.75) is 11.9 Å². The molecule has 5 rings (SSSR count). The Bertz CT molecular complexity index is 1390. The molecule has 0 saturated heterocycles. The maximum Gasteiger partial charge on any atom is 0.280 e. The van der Waals surface area contributed by atoms with Crippen LogP contribution in [0.5, 0.6) is 5.75 Å². The first-order valence-electron chi connectivity index (χ1n) is 9.28. The van der Waals surface area contributed by atoms with Crippen LogP contribution in [0.2, 0.25) is 0 Å². The first-order chi connectivity index (χ1) is 14.4. The van der Waals surface area contributed by atoms with Crippen LogP contribution in [0.1, 0.15) is 5.56 Å². The van der Waals surface area contributed by atoms with E-state index in [-0.39, 0.29) is 23.7 Å². The molecule has 30 heavy (non-hydrogen) atoms. The van der Waals surface area contributed by atoms with Crippen LogP contribution in [-0.4, -0.2) is 41.3 Å². The lowest BCUT2D eigenvalue weighted by molar-refractivity contribution is 0.316. The van der Waals surface area contributed by atoms with Gasteiger partial charge in [-0.1, -0.05) is 12.1 Å². The number of para-hydroxylation sites is 2. The van der Waals surface area contributed by atoms with Gasteiger partial charge in [0.15, 0.2) is 10.9 Å². The topological polar surface area (TPSA) is 93.1 Å². The fraction of sp³-hybridized carbons (Fsp3) is 0.200. The Labute approximate surface area is 172 Å². The van der Waals surface area contributed by atoms with E-state index in [9.17, 15) is 12.8 Å². The van der Waals surface area contributed by atoms with Crippen LogP contribution in [-0.2, 0) is 17.1 Å². The van der Waals surface area contributed by atoms with Crippen LogP contribution in [0.15, 0.2) is 47.8 Å². The first kappa shape index (κ1) is 18.6. The van der Waals surface area contributed by atoms with E-state index in [1.165, 1.54) is 16.4 Å².